The molecule has 3 unspecified atom stereocenters. The molecular weight excluding hydrogens is 832 g/mol. The Labute approximate surface area is 390 Å². The maximum absolute atomic E-state index is 12.8. The molecule has 0 amide bonds. The maximum atomic E-state index is 12.8. The van der Waals surface area contributed by atoms with Gasteiger partial charge in [-0.25, -0.2) is 4.57 Å². The Balaban J connectivity index is 4.71. The van der Waals surface area contributed by atoms with Crippen LogP contribution in [0.1, 0.15) is 226 Å². The maximum Gasteiger partial charge on any atom is 0.472 e. The molecule has 0 saturated carbocycles. The molecule has 0 aliphatic heterocycles. The molecule has 11 nitrogen and oxygen atoms in total. The van der Waals surface area contributed by atoms with Crippen molar-refractivity contribution in [1.29, 1.82) is 0 Å². The predicted molar refractivity (Wildman–Crippen MR) is 261 cm³/mol. The molecule has 12 heteroatoms. The normalized spacial score (nSPS) is 13.9. The van der Waals surface area contributed by atoms with Crippen LogP contribution in [-0.4, -0.2) is 66.5 Å². The van der Waals surface area contributed by atoms with E-state index in [9.17, 15) is 28.9 Å². The predicted octanol–water partition coefficient (Wildman–Crippen LogP) is 14.2. The Kier molecular flexibility index (Phi) is 45.1. The number of aliphatic hydroxyl groups is 1. The molecule has 0 rings (SSSR count). The van der Waals surface area contributed by atoms with Crippen molar-refractivity contribution < 1.29 is 52.2 Å². The van der Waals surface area contributed by atoms with E-state index in [0.717, 1.165) is 103 Å². The van der Waals surface area contributed by atoms with Gasteiger partial charge in [0.25, 0.3) is 0 Å². The van der Waals surface area contributed by atoms with E-state index in [1.54, 1.807) is 0 Å². The van der Waals surface area contributed by atoms with Crippen molar-refractivity contribution in [2.75, 3.05) is 26.4 Å². The van der Waals surface area contributed by atoms with E-state index in [0.29, 0.717) is 19.3 Å². The van der Waals surface area contributed by atoms with Gasteiger partial charge in [0.15, 0.2) is 6.10 Å². The zero-order valence-corrected chi connectivity index (χ0v) is 41.6. The van der Waals surface area contributed by atoms with E-state index in [2.05, 4.69) is 69.4 Å². The molecule has 2 N–H and O–H groups in total. The van der Waals surface area contributed by atoms with Gasteiger partial charge in [-0.2, -0.15) is 0 Å². The number of hydrogen-bond acceptors (Lipinski definition) is 10. The second-order valence-corrected chi connectivity index (χ2v) is 18.4. The molecule has 64 heavy (non-hydrogen) atoms. The van der Waals surface area contributed by atoms with Crippen LogP contribution >= 0.6 is 7.82 Å². The zero-order valence-electron chi connectivity index (χ0n) is 40.7. The minimum atomic E-state index is -4.73. The van der Waals surface area contributed by atoms with Crippen LogP contribution in [0.4, 0.5) is 0 Å². The van der Waals surface area contributed by atoms with E-state index in [1.807, 2.05) is 0 Å². The first-order valence-corrected chi connectivity index (χ1v) is 27.0. The fraction of sp³-hybridized carbons (Fsp3) is 0.788. The van der Waals surface area contributed by atoms with Gasteiger partial charge in [-0.3, -0.25) is 23.4 Å². The van der Waals surface area contributed by atoms with Crippen molar-refractivity contribution in [2.24, 2.45) is 0 Å². The monoisotopic (exact) mass is 925 g/mol. The minimum absolute atomic E-state index is 0.153. The lowest BCUT2D eigenvalue weighted by molar-refractivity contribution is -0.161. The zero-order chi connectivity index (χ0) is 47.0. The average Bonchev–Trinajstić information content (AvgIpc) is 3.28. The number of esters is 3. The van der Waals surface area contributed by atoms with Gasteiger partial charge in [-0.15, -0.1) is 0 Å². The average molecular weight is 925 g/mol. The Morgan fingerprint density at radius 2 is 0.812 bits per heavy atom. The Morgan fingerprint density at radius 1 is 0.453 bits per heavy atom. The molecule has 372 valence electrons. The highest BCUT2D eigenvalue weighted by Gasteiger charge is 2.28. The summed E-state index contributed by atoms with van der Waals surface area (Å²) in [5.41, 5.74) is 0. The van der Waals surface area contributed by atoms with Gasteiger partial charge in [-0.05, 0) is 57.8 Å². The molecule has 0 fully saturated rings. The van der Waals surface area contributed by atoms with Gasteiger partial charge < -0.3 is 24.2 Å². The number of ether oxygens (including phenoxy) is 3. The summed E-state index contributed by atoms with van der Waals surface area (Å²) in [6, 6.07) is 0. The number of hydrogen-bond donors (Lipinski definition) is 2. The summed E-state index contributed by atoms with van der Waals surface area (Å²) < 4.78 is 39.2. The lowest BCUT2D eigenvalue weighted by Gasteiger charge is -2.21. The number of rotatable bonds is 47. The van der Waals surface area contributed by atoms with Crippen molar-refractivity contribution >= 4 is 25.7 Å². The van der Waals surface area contributed by atoms with Gasteiger partial charge in [0.05, 0.1) is 19.8 Å². The Morgan fingerprint density at radius 3 is 1.25 bits per heavy atom. The number of aliphatic hydroxyl groups excluding tert-OH is 1. The number of phosphoric ester groups is 1. The second-order valence-electron chi connectivity index (χ2n) is 17.0. The van der Waals surface area contributed by atoms with Gasteiger partial charge in [-0.1, -0.05) is 198 Å². The van der Waals surface area contributed by atoms with Crippen LogP contribution < -0.4 is 0 Å². The molecular formula is C52H93O11P. The fourth-order valence-corrected chi connectivity index (χ4v) is 7.66. The van der Waals surface area contributed by atoms with Crippen molar-refractivity contribution in [1.82, 2.24) is 0 Å². The quantitative estimate of drug-likeness (QED) is 0.0197. The highest BCUT2D eigenvalue weighted by Crippen LogP contribution is 2.43. The lowest BCUT2D eigenvalue weighted by atomic mass is 10.1. The number of carbonyl (C=O) groups excluding carboxylic acids is 3. The van der Waals surface area contributed by atoms with Crippen LogP contribution in [-0.2, 0) is 42.2 Å². The van der Waals surface area contributed by atoms with Crippen LogP contribution in [0.25, 0.3) is 0 Å². The summed E-state index contributed by atoms with van der Waals surface area (Å²) in [7, 11) is -4.73. The molecule has 0 heterocycles. The van der Waals surface area contributed by atoms with E-state index in [-0.39, 0.29) is 25.9 Å². The first-order chi connectivity index (χ1) is 31.2. The van der Waals surface area contributed by atoms with Crippen molar-refractivity contribution in [3.63, 3.8) is 0 Å². The van der Waals surface area contributed by atoms with E-state index in [4.69, 9.17) is 23.3 Å². The molecule has 0 spiro atoms. The summed E-state index contributed by atoms with van der Waals surface area (Å²) in [6.45, 7) is 4.46. The summed E-state index contributed by atoms with van der Waals surface area (Å²) in [5.74, 6) is -1.48. The molecule has 0 saturated heterocycles. The molecule has 0 aliphatic rings. The standard InChI is InChI=1S/C52H93O11P/c1-4-7-10-13-16-19-20-21-22-23-24-25-26-27-28-31-34-37-40-43-52(56)63-49(45-59-50(54)41-38-35-32-29-17-14-11-8-5-2)47-61-64(57,58)60-46-48(44-53)62-51(55)42-39-36-33-30-18-15-12-9-6-3/h7,10,16,19,21-22,24-25,48-49,53H,4-6,8-9,11-15,17-18,20,23,26-47H2,1-3H3,(H,57,58)/b10-7-,19-16-,22-21-,25-24-. The molecule has 0 aromatic heterocycles. The highest BCUT2D eigenvalue weighted by molar-refractivity contribution is 7.47. The Bertz CT molecular complexity index is 1260. The summed E-state index contributed by atoms with van der Waals surface area (Å²) in [5, 5.41) is 9.73. The van der Waals surface area contributed by atoms with Crippen molar-refractivity contribution in [3.05, 3.63) is 48.6 Å². The van der Waals surface area contributed by atoms with Crippen molar-refractivity contribution in [3.8, 4) is 0 Å². The largest absolute Gasteiger partial charge is 0.472 e. The fourth-order valence-electron chi connectivity index (χ4n) is 6.88. The smallest absolute Gasteiger partial charge is 0.462 e. The van der Waals surface area contributed by atoms with Crippen molar-refractivity contribution in [2.45, 2.75) is 238 Å². The first kappa shape index (κ1) is 61.4. The van der Waals surface area contributed by atoms with E-state index >= 15 is 0 Å². The SMILES string of the molecule is CC/C=C\C/C=C\C/C=C\C/C=C\CCCCCCCCC(=O)OC(COC(=O)CCCCCCCCCCC)COP(=O)(O)OCC(CO)OC(=O)CCCCCCCCCCC. The van der Waals surface area contributed by atoms with Crippen LogP contribution in [0, 0.1) is 0 Å². The third-order valence-corrected chi connectivity index (χ3v) is 11.7. The third kappa shape index (κ3) is 44.6. The van der Waals surface area contributed by atoms with Gasteiger partial charge in [0.2, 0.25) is 0 Å². The molecule has 0 aliphatic carbocycles. The van der Waals surface area contributed by atoms with Crippen LogP contribution in [0.15, 0.2) is 48.6 Å². The second kappa shape index (κ2) is 47.0. The van der Waals surface area contributed by atoms with E-state index in [1.165, 1.54) is 64.2 Å². The lowest BCUT2D eigenvalue weighted by Crippen LogP contribution is -2.30. The topological polar surface area (TPSA) is 155 Å². The van der Waals surface area contributed by atoms with Crippen LogP contribution in [0.3, 0.4) is 0 Å². The molecule has 0 bridgehead atoms. The van der Waals surface area contributed by atoms with Gasteiger partial charge in [0.1, 0.15) is 12.7 Å². The van der Waals surface area contributed by atoms with Crippen LogP contribution in [0.5, 0.6) is 0 Å². The third-order valence-electron chi connectivity index (χ3n) is 10.8. The van der Waals surface area contributed by atoms with Crippen LogP contribution in [0.2, 0.25) is 0 Å². The number of carbonyl (C=O) groups is 3. The minimum Gasteiger partial charge on any atom is -0.462 e. The number of unbranched alkanes of at least 4 members (excludes halogenated alkanes) is 22. The Hall–Kier alpha value is -2.56. The highest BCUT2D eigenvalue weighted by atomic mass is 31.2. The molecule has 3 atom stereocenters. The van der Waals surface area contributed by atoms with Gasteiger partial charge in [0, 0.05) is 19.3 Å². The molecule has 0 radical (unpaired) electrons. The molecule has 0 aromatic carbocycles. The summed E-state index contributed by atoms with van der Waals surface area (Å²) in [4.78, 5) is 48.1. The van der Waals surface area contributed by atoms with Gasteiger partial charge >= 0.3 is 25.7 Å². The van der Waals surface area contributed by atoms with E-state index < -0.39 is 57.8 Å². The summed E-state index contributed by atoms with van der Waals surface area (Å²) >= 11 is 0. The number of allylic oxidation sites excluding steroid dienone is 8. The summed E-state index contributed by atoms with van der Waals surface area (Å²) in [6.07, 6.45) is 46.7. The molecule has 0 aromatic rings. The number of phosphoric acid groups is 1. The first-order valence-electron chi connectivity index (χ1n) is 25.5.